The van der Waals surface area contributed by atoms with E-state index in [1.807, 2.05) is 12.1 Å². The molecule has 3 aromatic carbocycles. The van der Waals surface area contributed by atoms with E-state index in [-0.39, 0.29) is 5.91 Å². The molecule has 0 aromatic heterocycles. The lowest BCUT2D eigenvalue weighted by Gasteiger charge is -2.37. The quantitative estimate of drug-likeness (QED) is 0.640. The molecule has 29 heavy (non-hydrogen) atoms. The molecule has 0 bridgehead atoms. The Labute approximate surface area is 172 Å². The molecule has 0 N–H and O–H groups in total. The summed E-state index contributed by atoms with van der Waals surface area (Å²) in [6, 6.07) is 28.0. The maximum Gasteiger partial charge on any atom is 0.231 e. The number of hydrogen-bond donors (Lipinski definition) is 0. The van der Waals surface area contributed by atoms with Gasteiger partial charge in [0, 0.05) is 31.4 Å². The number of anilines is 1. The summed E-state index contributed by atoms with van der Waals surface area (Å²) in [7, 11) is 0. The van der Waals surface area contributed by atoms with Crippen LogP contribution in [0.2, 0.25) is 0 Å². The molecule has 2 heterocycles. The first-order valence-corrected chi connectivity index (χ1v) is 10.5. The standard InChI is InChI=1S/C26H26N2O/c29-26-18-23-8-4-5-9-25(23)28(26)24-14-16-27(17-15-24)19-20-10-12-22(13-11-20)21-6-2-1-3-7-21/h1-13,24H,14-19H2. The van der Waals surface area contributed by atoms with Gasteiger partial charge < -0.3 is 4.90 Å². The summed E-state index contributed by atoms with van der Waals surface area (Å²) in [5.41, 5.74) is 6.19. The van der Waals surface area contributed by atoms with Crippen LogP contribution < -0.4 is 4.90 Å². The fourth-order valence-electron chi connectivity index (χ4n) is 4.71. The number of rotatable bonds is 4. The van der Waals surface area contributed by atoms with Crippen LogP contribution in [-0.4, -0.2) is 29.9 Å². The highest BCUT2D eigenvalue weighted by Gasteiger charge is 2.34. The molecule has 1 fully saturated rings. The molecular weight excluding hydrogens is 356 g/mol. The van der Waals surface area contributed by atoms with Crippen molar-refractivity contribution in [3.63, 3.8) is 0 Å². The van der Waals surface area contributed by atoms with Crippen LogP contribution in [0.1, 0.15) is 24.0 Å². The second-order valence-corrected chi connectivity index (χ2v) is 8.14. The van der Waals surface area contributed by atoms with Crippen molar-refractivity contribution in [1.82, 2.24) is 4.90 Å². The average Bonchev–Trinajstić information content (AvgIpc) is 3.11. The Morgan fingerprint density at radius 3 is 2.17 bits per heavy atom. The predicted molar refractivity (Wildman–Crippen MR) is 118 cm³/mol. The zero-order valence-corrected chi connectivity index (χ0v) is 16.6. The fourth-order valence-corrected chi connectivity index (χ4v) is 4.71. The Kier molecular flexibility index (Phi) is 4.91. The smallest absolute Gasteiger partial charge is 0.231 e. The molecule has 3 aromatic rings. The van der Waals surface area contributed by atoms with E-state index in [1.165, 1.54) is 22.3 Å². The van der Waals surface area contributed by atoms with Gasteiger partial charge in [-0.25, -0.2) is 0 Å². The normalized spacial score (nSPS) is 17.5. The second kappa shape index (κ2) is 7.84. The van der Waals surface area contributed by atoms with Gasteiger partial charge in [-0.1, -0.05) is 72.8 Å². The lowest BCUT2D eigenvalue weighted by atomic mass is 10.0. The van der Waals surface area contributed by atoms with Gasteiger partial charge >= 0.3 is 0 Å². The number of para-hydroxylation sites is 1. The summed E-state index contributed by atoms with van der Waals surface area (Å²) in [6.07, 6.45) is 2.65. The van der Waals surface area contributed by atoms with E-state index in [0.717, 1.165) is 38.2 Å². The molecule has 0 aliphatic carbocycles. The van der Waals surface area contributed by atoms with E-state index in [0.29, 0.717) is 12.5 Å². The Morgan fingerprint density at radius 2 is 1.41 bits per heavy atom. The van der Waals surface area contributed by atoms with Crippen LogP contribution in [0.5, 0.6) is 0 Å². The SMILES string of the molecule is O=C1Cc2ccccc2N1C1CCN(Cc2ccc(-c3ccccc3)cc2)CC1. The Hall–Kier alpha value is -2.91. The van der Waals surface area contributed by atoms with Gasteiger partial charge in [0.25, 0.3) is 0 Å². The minimum Gasteiger partial charge on any atom is -0.309 e. The Bertz CT molecular complexity index is 989. The van der Waals surface area contributed by atoms with Crippen molar-refractivity contribution < 1.29 is 4.79 Å². The average molecular weight is 383 g/mol. The number of benzene rings is 3. The third kappa shape index (κ3) is 3.70. The number of nitrogens with zero attached hydrogens (tertiary/aromatic N) is 2. The molecule has 3 heteroatoms. The van der Waals surface area contributed by atoms with Crippen molar-refractivity contribution in [1.29, 1.82) is 0 Å². The first kappa shape index (κ1) is 18.1. The number of piperidine rings is 1. The zero-order valence-electron chi connectivity index (χ0n) is 16.6. The summed E-state index contributed by atoms with van der Waals surface area (Å²) in [5.74, 6) is 0.265. The number of carbonyl (C=O) groups is 1. The van der Waals surface area contributed by atoms with E-state index in [4.69, 9.17) is 0 Å². The van der Waals surface area contributed by atoms with E-state index in [2.05, 4.69) is 76.5 Å². The van der Waals surface area contributed by atoms with Gasteiger partial charge in [0.15, 0.2) is 0 Å². The molecule has 1 amide bonds. The third-order valence-corrected chi connectivity index (χ3v) is 6.25. The lowest BCUT2D eigenvalue weighted by molar-refractivity contribution is -0.118. The third-order valence-electron chi connectivity index (χ3n) is 6.25. The predicted octanol–water partition coefficient (Wildman–Crippen LogP) is 4.91. The van der Waals surface area contributed by atoms with Crippen LogP contribution in [0, 0.1) is 0 Å². The van der Waals surface area contributed by atoms with E-state index < -0.39 is 0 Å². The number of carbonyl (C=O) groups excluding carboxylic acids is 1. The lowest BCUT2D eigenvalue weighted by Crippen LogP contribution is -2.46. The highest BCUT2D eigenvalue weighted by atomic mass is 16.2. The molecule has 146 valence electrons. The number of likely N-dealkylation sites (tertiary alicyclic amines) is 1. The Morgan fingerprint density at radius 1 is 0.759 bits per heavy atom. The Balaban J connectivity index is 1.20. The minimum atomic E-state index is 0.265. The molecule has 0 saturated carbocycles. The van der Waals surface area contributed by atoms with Crippen molar-refractivity contribution in [2.75, 3.05) is 18.0 Å². The molecule has 2 aliphatic heterocycles. The van der Waals surface area contributed by atoms with Crippen molar-refractivity contribution in [2.24, 2.45) is 0 Å². The molecule has 0 spiro atoms. The van der Waals surface area contributed by atoms with Crippen molar-refractivity contribution >= 4 is 11.6 Å². The highest BCUT2D eigenvalue weighted by molar-refractivity contribution is 6.01. The fraction of sp³-hybridized carbons (Fsp3) is 0.269. The maximum atomic E-state index is 12.6. The van der Waals surface area contributed by atoms with Gasteiger partial charge in [-0.3, -0.25) is 9.69 Å². The second-order valence-electron chi connectivity index (χ2n) is 8.14. The first-order chi connectivity index (χ1) is 14.3. The van der Waals surface area contributed by atoms with Gasteiger partial charge in [-0.05, 0) is 41.2 Å². The van der Waals surface area contributed by atoms with E-state index in [9.17, 15) is 4.79 Å². The summed E-state index contributed by atoms with van der Waals surface area (Å²) in [4.78, 5) is 17.1. The van der Waals surface area contributed by atoms with Gasteiger partial charge in [-0.15, -0.1) is 0 Å². The summed E-state index contributed by atoms with van der Waals surface area (Å²) < 4.78 is 0. The highest BCUT2D eigenvalue weighted by Crippen LogP contribution is 2.33. The molecule has 2 aliphatic rings. The van der Waals surface area contributed by atoms with Gasteiger partial charge in [-0.2, -0.15) is 0 Å². The van der Waals surface area contributed by atoms with Crippen molar-refractivity contribution in [3.8, 4) is 11.1 Å². The first-order valence-electron chi connectivity index (χ1n) is 10.5. The number of amides is 1. The molecule has 0 radical (unpaired) electrons. The van der Waals surface area contributed by atoms with E-state index >= 15 is 0 Å². The van der Waals surface area contributed by atoms with E-state index in [1.54, 1.807) is 0 Å². The maximum absolute atomic E-state index is 12.6. The summed E-state index contributed by atoms with van der Waals surface area (Å²) >= 11 is 0. The van der Waals surface area contributed by atoms with Crippen LogP contribution in [0.15, 0.2) is 78.9 Å². The monoisotopic (exact) mass is 382 g/mol. The van der Waals surface area contributed by atoms with Crippen molar-refractivity contribution in [2.45, 2.75) is 31.8 Å². The summed E-state index contributed by atoms with van der Waals surface area (Å²) in [6.45, 7) is 3.06. The molecule has 1 saturated heterocycles. The molecule has 3 nitrogen and oxygen atoms in total. The van der Waals surface area contributed by atoms with Crippen LogP contribution >= 0.6 is 0 Å². The van der Waals surface area contributed by atoms with Crippen LogP contribution in [0.3, 0.4) is 0 Å². The topological polar surface area (TPSA) is 23.6 Å². The van der Waals surface area contributed by atoms with Gasteiger partial charge in [0.05, 0.1) is 6.42 Å². The van der Waals surface area contributed by atoms with Crippen LogP contribution in [0.25, 0.3) is 11.1 Å². The molecule has 0 atom stereocenters. The van der Waals surface area contributed by atoms with Crippen LogP contribution in [-0.2, 0) is 17.8 Å². The molecule has 0 unspecified atom stereocenters. The molecule has 5 rings (SSSR count). The van der Waals surface area contributed by atoms with Gasteiger partial charge in [0.1, 0.15) is 0 Å². The van der Waals surface area contributed by atoms with Crippen molar-refractivity contribution in [3.05, 3.63) is 90.0 Å². The summed E-state index contributed by atoms with van der Waals surface area (Å²) in [5, 5.41) is 0. The number of fused-ring (bicyclic) bond motifs is 1. The number of hydrogen-bond acceptors (Lipinski definition) is 2. The minimum absolute atomic E-state index is 0.265. The molecular formula is C26H26N2O. The van der Waals surface area contributed by atoms with Gasteiger partial charge in [0.2, 0.25) is 5.91 Å². The zero-order chi connectivity index (χ0) is 19.6. The van der Waals surface area contributed by atoms with Crippen LogP contribution in [0.4, 0.5) is 5.69 Å². The largest absolute Gasteiger partial charge is 0.309 e.